The summed E-state index contributed by atoms with van der Waals surface area (Å²) in [5, 5.41) is 0.579. The van der Waals surface area contributed by atoms with Crippen LogP contribution in [-0.4, -0.2) is 23.5 Å². The Morgan fingerprint density at radius 2 is 1.33 bits per heavy atom. The maximum absolute atomic E-state index is 12.4. The second kappa shape index (κ2) is 10.1. The number of esters is 1. The lowest BCUT2D eigenvalue weighted by Gasteiger charge is -2.25. The molecule has 0 N–H and O–H groups in total. The summed E-state index contributed by atoms with van der Waals surface area (Å²) < 4.78 is 10.9. The number of rotatable bonds is 6. The number of carbonyl (C=O) groups excluding carboxylic acids is 2. The zero-order chi connectivity index (χ0) is 20.6. The summed E-state index contributed by atoms with van der Waals surface area (Å²) in [6.45, 7) is 10.9. The molecule has 4 nitrogen and oxygen atoms in total. The second-order valence-corrected chi connectivity index (χ2v) is 6.86. The third-order valence-corrected chi connectivity index (χ3v) is 3.68. The fourth-order valence-corrected chi connectivity index (χ4v) is 2.26. The summed E-state index contributed by atoms with van der Waals surface area (Å²) >= 11 is 5.84. The van der Waals surface area contributed by atoms with Crippen LogP contribution in [0.1, 0.15) is 57.5 Å². The highest BCUT2D eigenvalue weighted by atomic mass is 35.5. The molecule has 2 aromatic rings. The third kappa shape index (κ3) is 6.72. The van der Waals surface area contributed by atoms with Crippen molar-refractivity contribution in [3.63, 3.8) is 0 Å². The largest absolute Gasteiger partial charge is 0.476 e. The summed E-state index contributed by atoms with van der Waals surface area (Å²) in [6, 6.07) is 13.4. The smallest absolute Gasteiger partial charge is 0.350 e. The maximum atomic E-state index is 12.4. The maximum Gasteiger partial charge on any atom is 0.350 e. The van der Waals surface area contributed by atoms with Crippen molar-refractivity contribution in [2.24, 2.45) is 0 Å². The molecule has 0 aromatic heterocycles. The minimum absolute atomic E-state index is 0.110. The van der Waals surface area contributed by atoms with Gasteiger partial charge in [-0.05, 0) is 76.2 Å². The molecule has 2 rings (SSSR count). The van der Waals surface area contributed by atoms with Gasteiger partial charge in [-0.3, -0.25) is 4.79 Å². The highest BCUT2D eigenvalue weighted by Gasteiger charge is 2.32. The number of hydrogen-bond acceptors (Lipinski definition) is 4. The molecule has 0 atom stereocenters. The van der Waals surface area contributed by atoms with Crippen molar-refractivity contribution in [1.29, 1.82) is 0 Å². The van der Waals surface area contributed by atoms with Crippen LogP contribution in [0.5, 0.6) is 5.75 Å². The van der Waals surface area contributed by atoms with E-state index in [4.69, 9.17) is 21.1 Å². The Balaban J connectivity index is 0.00000176. The molecule has 0 aliphatic carbocycles. The molecule has 0 radical (unpaired) electrons. The van der Waals surface area contributed by atoms with Crippen LogP contribution in [0, 0.1) is 0 Å². The van der Waals surface area contributed by atoms with Crippen LogP contribution >= 0.6 is 11.6 Å². The van der Waals surface area contributed by atoms with Gasteiger partial charge in [-0.2, -0.15) is 0 Å². The Morgan fingerprint density at radius 3 is 1.78 bits per heavy atom. The first kappa shape index (κ1) is 22.7. The van der Waals surface area contributed by atoms with E-state index in [9.17, 15) is 9.59 Å². The third-order valence-electron chi connectivity index (χ3n) is 3.43. The topological polar surface area (TPSA) is 52.6 Å². The van der Waals surface area contributed by atoms with Crippen LogP contribution in [0.2, 0.25) is 5.02 Å². The van der Waals surface area contributed by atoms with Gasteiger partial charge in [-0.1, -0.05) is 25.4 Å². The van der Waals surface area contributed by atoms with Gasteiger partial charge in [0.2, 0.25) is 0 Å². The normalized spacial score (nSPS) is 10.7. The zero-order valence-corrected chi connectivity index (χ0v) is 17.5. The quantitative estimate of drug-likeness (QED) is 0.468. The van der Waals surface area contributed by atoms with Crippen molar-refractivity contribution in [3.05, 3.63) is 64.7 Å². The SMILES string of the molecule is CC.CC(C)OC(=O)C(C)(C)Oc1ccc(C(=O)c2ccc(Cl)cc2)cc1. The molecular weight excluding hydrogens is 364 g/mol. The van der Waals surface area contributed by atoms with Crippen molar-refractivity contribution in [1.82, 2.24) is 0 Å². The summed E-state index contributed by atoms with van der Waals surface area (Å²) in [5.74, 6) is -0.0659. The van der Waals surface area contributed by atoms with Crippen molar-refractivity contribution in [3.8, 4) is 5.75 Å². The Labute approximate surface area is 166 Å². The van der Waals surface area contributed by atoms with Crippen LogP contribution in [0.4, 0.5) is 0 Å². The monoisotopic (exact) mass is 390 g/mol. The molecule has 0 fully saturated rings. The minimum atomic E-state index is -1.12. The number of hydrogen-bond donors (Lipinski definition) is 0. The molecule has 0 unspecified atom stereocenters. The predicted octanol–water partition coefficient (Wildman–Crippen LogP) is 5.71. The van der Waals surface area contributed by atoms with Crippen LogP contribution in [0.25, 0.3) is 0 Å². The fraction of sp³-hybridized carbons (Fsp3) is 0.364. The Kier molecular flexibility index (Phi) is 8.51. The van der Waals surface area contributed by atoms with Crippen LogP contribution in [0.3, 0.4) is 0 Å². The number of halogens is 1. The van der Waals surface area contributed by atoms with E-state index in [1.54, 1.807) is 76.2 Å². The predicted molar refractivity (Wildman–Crippen MR) is 109 cm³/mol. The number of ether oxygens (including phenoxy) is 2. The standard InChI is InChI=1S/C20H21ClO4.C2H6/c1-13(2)24-19(23)20(3,4)25-17-11-7-15(8-12-17)18(22)14-5-9-16(21)10-6-14;1-2/h5-13H,1-4H3;1-2H3. The average Bonchev–Trinajstić information content (AvgIpc) is 2.63. The second-order valence-electron chi connectivity index (χ2n) is 6.43. The van der Waals surface area contributed by atoms with Crippen molar-refractivity contribution in [2.45, 2.75) is 53.2 Å². The van der Waals surface area contributed by atoms with Gasteiger partial charge < -0.3 is 9.47 Å². The van der Waals surface area contributed by atoms with E-state index in [-0.39, 0.29) is 11.9 Å². The molecule has 5 heteroatoms. The Morgan fingerprint density at radius 1 is 0.889 bits per heavy atom. The van der Waals surface area contributed by atoms with E-state index in [1.165, 1.54) is 0 Å². The van der Waals surface area contributed by atoms with Gasteiger partial charge in [0.05, 0.1) is 6.10 Å². The van der Waals surface area contributed by atoms with Crippen LogP contribution in [-0.2, 0) is 9.53 Å². The summed E-state index contributed by atoms with van der Waals surface area (Å²) in [4.78, 5) is 24.5. The lowest BCUT2D eigenvalue weighted by atomic mass is 10.0. The molecule has 0 amide bonds. The van der Waals surface area contributed by atoms with E-state index in [1.807, 2.05) is 13.8 Å². The van der Waals surface area contributed by atoms with Crippen molar-refractivity contribution in [2.75, 3.05) is 0 Å². The van der Waals surface area contributed by atoms with Gasteiger partial charge in [-0.15, -0.1) is 0 Å². The summed E-state index contributed by atoms with van der Waals surface area (Å²) in [5.41, 5.74) is -0.0393. The van der Waals surface area contributed by atoms with E-state index in [2.05, 4.69) is 0 Å². The minimum Gasteiger partial charge on any atom is -0.476 e. The number of carbonyl (C=O) groups is 2. The zero-order valence-electron chi connectivity index (χ0n) is 16.7. The lowest BCUT2D eigenvalue weighted by molar-refractivity contribution is -0.163. The Hall–Kier alpha value is -2.33. The first-order chi connectivity index (χ1) is 12.7. The molecular formula is C22H27ClO4. The average molecular weight is 391 g/mol. The highest BCUT2D eigenvalue weighted by molar-refractivity contribution is 6.30. The molecule has 2 aromatic carbocycles. The van der Waals surface area contributed by atoms with Gasteiger partial charge in [0.25, 0.3) is 0 Å². The van der Waals surface area contributed by atoms with Crippen LogP contribution < -0.4 is 4.74 Å². The molecule has 0 saturated carbocycles. The lowest BCUT2D eigenvalue weighted by Crippen LogP contribution is -2.40. The van der Waals surface area contributed by atoms with Gasteiger partial charge >= 0.3 is 5.97 Å². The van der Waals surface area contributed by atoms with Gasteiger partial charge in [0, 0.05) is 16.1 Å². The van der Waals surface area contributed by atoms with Gasteiger partial charge in [0.1, 0.15) is 5.75 Å². The molecule has 0 saturated heterocycles. The van der Waals surface area contributed by atoms with Gasteiger partial charge in [-0.25, -0.2) is 4.79 Å². The first-order valence-corrected chi connectivity index (χ1v) is 9.37. The number of benzene rings is 2. The van der Waals surface area contributed by atoms with Crippen LogP contribution in [0.15, 0.2) is 48.5 Å². The molecule has 0 aliphatic rings. The molecule has 0 bridgehead atoms. The summed E-state index contributed by atoms with van der Waals surface area (Å²) in [7, 11) is 0. The van der Waals surface area contributed by atoms with Gasteiger partial charge in [0.15, 0.2) is 11.4 Å². The molecule has 0 spiro atoms. The van der Waals surface area contributed by atoms with E-state index in [0.29, 0.717) is 21.9 Å². The number of ketones is 1. The molecule has 146 valence electrons. The van der Waals surface area contributed by atoms with E-state index < -0.39 is 11.6 Å². The Bertz CT molecular complexity index is 747. The summed E-state index contributed by atoms with van der Waals surface area (Å²) in [6.07, 6.45) is -0.213. The van der Waals surface area contributed by atoms with Crippen molar-refractivity contribution < 1.29 is 19.1 Å². The highest BCUT2D eigenvalue weighted by Crippen LogP contribution is 2.22. The first-order valence-electron chi connectivity index (χ1n) is 8.99. The molecule has 0 heterocycles. The van der Waals surface area contributed by atoms with Crippen molar-refractivity contribution >= 4 is 23.4 Å². The molecule has 0 aliphatic heterocycles. The van der Waals surface area contributed by atoms with E-state index in [0.717, 1.165) is 0 Å². The van der Waals surface area contributed by atoms with E-state index >= 15 is 0 Å². The molecule has 27 heavy (non-hydrogen) atoms. The fourth-order valence-electron chi connectivity index (χ4n) is 2.13.